The van der Waals surface area contributed by atoms with Crippen LogP contribution in [0.2, 0.25) is 0 Å². The van der Waals surface area contributed by atoms with Crippen molar-refractivity contribution in [3.8, 4) is 0 Å². The molecule has 29 heavy (non-hydrogen) atoms. The van der Waals surface area contributed by atoms with E-state index in [1.807, 2.05) is 25.1 Å². The predicted octanol–water partition coefficient (Wildman–Crippen LogP) is 3.83. The van der Waals surface area contributed by atoms with Crippen LogP contribution in [0, 0.1) is 6.92 Å². The summed E-state index contributed by atoms with van der Waals surface area (Å²) in [5.74, 6) is -0.591. The summed E-state index contributed by atoms with van der Waals surface area (Å²) < 4.78 is 5.03. The van der Waals surface area contributed by atoms with Gasteiger partial charge in [0.25, 0.3) is 5.91 Å². The highest BCUT2D eigenvalue weighted by atomic mass is 16.5. The zero-order chi connectivity index (χ0) is 20.6. The lowest BCUT2D eigenvalue weighted by atomic mass is 10.1. The molecule has 0 atom stereocenters. The van der Waals surface area contributed by atoms with Crippen molar-refractivity contribution in [1.29, 1.82) is 0 Å². The maximum Gasteiger partial charge on any atom is 0.340 e. The number of nitrogens with one attached hydrogen (secondary N) is 2. The number of aryl methyl sites for hydroxylation is 1. The minimum atomic E-state index is -0.494. The third-order valence-corrected chi connectivity index (χ3v) is 4.09. The zero-order valence-corrected chi connectivity index (χ0v) is 16.3. The number of esters is 1. The molecule has 3 rings (SSSR count). The first-order chi connectivity index (χ1) is 14.1. The van der Waals surface area contributed by atoms with Crippen molar-refractivity contribution >= 4 is 23.5 Å². The van der Waals surface area contributed by atoms with E-state index >= 15 is 0 Å². The first-order valence-electron chi connectivity index (χ1n) is 9.27. The Hall–Kier alpha value is -3.74. The first-order valence-corrected chi connectivity index (χ1v) is 9.27. The molecule has 1 heterocycles. The highest BCUT2D eigenvalue weighted by molar-refractivity contribution is 6.07. The van der Waals surface area contributed by atoms with Gasteiger partial charge in [-0.3, -0.25) is 4.79 Å². The van der Waals surface area contributed by atoms with E-state index in [1.165, 1.54) is 17.8 Å². The molecule has 2 aromatic carbocycles. The van der Waals surface area contributed by atoms with Crippen LogP contribution in [0.3, 0.4) is 0 Å². The fourth-order valence-corrected chi connectivity index (χ4v) is 2.74. The Morgan fingerprint density at radius 3 is 2.69 bits per heavy atom. The van der Waals surface area contributed by atoms with Crippen LogP contribution in [0.1, 0.15) is 38.9 Å². The second-order valence-electron chi connectivity index (χ2n) is 6.33. The minimum absolute atomic E-state index is 0.186. The average molecular weight is 390 g/mol. The van der Waals surface area contributed by atoms with E-state index in [9.17, 15) is 9.59 Å². The Morgan fingerprint density at radius 1 is 1.07 bits per heavy atom. The van der Waals surface area contributed by atoms with Crippen molar-refractivity contribution in [3.05, 3.63) is 83.2 Å². The molecule has 2 N–H and O–H groups in total. The summed E-state index contributed by atoms with van der Waals surface area (Å²) in [6.07, 6.45) is 1.51. The molecule has 0 radical (unpaired) electrons. The second-order valence-corrected chi connectivity index (χ2v) is 6.33. The van der Waals surface area contributed by atoms with Gasteiger partial charge >= 0.3 is 5.97 Å². The number of hydrogen-bond acceptors (Lipinski definition) is 6. The van der Waals surface area contributed by atoms with Crippen molar-refractivity contribution in [2.45, 2.75) is 20.4 Å². The number of aromatic nitrogens is 2. The summed E-state index contributed by atoms with van der Waals surface area (Å²) in [7, 11) is 0. The number of benzene rings is 2. The Balaban J connectivity index is 1.71. The second kappa shape index (κ2) is 9.45. The van der Waals surface area contributed by atoms with Crippen molar-refractivity contribution in [3.63, 3.8) is 0 Å². The molecule has 0 spiro atoms. The number of carbonyl (C=O) groups excluding carboxylic acids is 2. The van der Waals surface area contributed by atoms with Gasteiger partial charge in [-0.15, -0.1) is 0 Å². The molecule has 0 aliphatic heterocycles. The van der Waals surface area contributed by atoms with Gasteiger partial charge in [-0.25, -0.2) is 14.8 Å². The van der Waals surface area contributed by atoms with Gasteiger partial charge in [0.05, 0.1) is 17.9 Å². The topological polar surface area (TPSA) is 93.2 Å². The Kier molecular flexibility index (Phi) is 6.52. The van der Waals surface area contributed by atoms with Crippen LogP contribution in [-0.2, 0) is 11.3 Å². The van der Waals surface area contributed by atoms with Crippen LogP contribution in [0.15, 0.2) is 60.8 Å². The molecule has 0 saturated heterocycles. The van der Waals surface area contributed by atoms with Crippen LogP contribution < -0.4 is 10.6 Å². The molecule has 0 fully saturated rings. The molecule has 3 aromatic rings. The van der Waals surface area contributed by atoms with Gasteiger partial charge in [-0.2, -0.15) is 0 Å². The summed E-state index contributed by atoms with van der Waals surface area (Å²) in [6.45, 7) is 4.55. The number of anilines is 2. The van der Waals surface area contributed by atoms with Crippen LogP contribution in [0.4, 0.5) is 11.6 Å². The molecule has 0 unspecified atom stereocenters. The van der Waals surface area contributed by atoms with E-state index in [4.69, 9.17) is 4.74 Å². The largest absolute Gasteiger partial charge is 0.462 e. The highest BCUT2D eigenvalue weighted by Gasteiger charge is 2.16. The van der Waals surface area contributed by atoms with Crippen LogP contribution in [0.5, 0.6) is 0 Å². The van der Waals surface area contributed by atoms with Gasteiger partial charge in [0, 0.05) is 12.7 Å². The van der Waals surface area contributed by atoms with Gasteiger partial charge < -0.3 is 15.4 Å². The van der Waals surface area contributed by atoms with E-state index in [0.29, 0.717) is 18.2 Å². The molecule has 148 valence electrons. The first kappa shape index (κ1) is 20.0. The van der Waals surface area contributed by atoms with Crippen molar-refractivity contribution in [1.82, 2.24) is 9.97 Å². The molecule has 1 amide bonds. The molecular formula is C22H22N4O3. The number of carbonyl (C=O) groups is 2. The van der Waals surface area contributed by atoms with Gasteiger partial charge in [-0.05, 0) is 37.6 Å². The molecule has 1 aromatic heterocycles. The van der Waals surface area contributed by atoms with Gasteiger partial charge in [0.15, 0.2) is 0 Å². The molecule has 0 aliphatic rings. The maximum atomic E-state index is 12.6. The standard InChI is InChI=1S/C22H22N4O3/c1-3-29-21(28)17-9-4-5-10-18(17)25-20(27)19-11-12-23-22(26-19)24-14-16-8-6-7-15(2)13-16/h4-13H,3,14H2,1-2H3,(H,25,27)(H,23,24,26). The number of rotatable bonds is 7. The van der Waals surface area contributed by atoms with E-state index in [1.54, 1.807) is 31.2 Å². The molecule has 7 nitrogen and oxygen atoms in total. The van der Waals surface area contributed by atoms with Crippen LogP contribution >= 0.6 is 0 Å². The minimum Gasteiger partial charge on any atom is -0.462 e. The van der Waals surface area contributed by atoms with E-state index in [-0.39, 0.29) is 17.9 Å². The number of para-hydroxylation sites is 1. The summed E-state index contributed by atoms with van der Waals surface area (Å²) in [5.41, 5.74) is 3.09. The lowest BCUT2D eigenvalue weighted by Gasteiger charge is -2.11. The lowest BCUT2D eigenvalue weighted by Crippen LogP contribution is -2.18. The van der Waals surface area contributed by atoms with E-state index in [0.717, 1.165) is 5.56 Å². The third-order valence-electron chi connectivity index (χ3n) is 4.09. The Labute approximate surface area is 169 Å². The number of hydrogen-bond donors (Lipinski definition) is 2. The summed E-state index contributed by atoms with van der Waals surface area (Å²) in [4.78, 5) is 33.1. The van der Waals surface area contributed by atoms with Gasteiger partial charge in [0.1, 0.15) is 5.69 Å². The number of amides is 1. The lowest BCUT2D eigenvalue weighted by molar-refractivity contribution is 0.0527. The normalized spacial score (nSPS) is 10.3. The van der Waals surface area contributed by atoms with Gasteiger partial charge in [0.2, 0.25) is 5.95 Å². The van der Waals surface area contributed by atoms with E-state index in [2.05, 4.69) is 26.7 Å². The molecule has 0 saturated carbocycles. The highest BCUT2D eigenvalue weighted by Crippen LogP contribution is 2.17. The molecule has 0 bridgehead atoms. The average Bonchev–Trinajstić information content (AvgIpc) is 2.73. The predicted molar refractivity (Wildman–Crippen MR) is 111 cm³/mol. The molecule has 0 aliphatic carbocycles. The SMILES string of the molecule is CCOC(=O)c1ccccc1NC(=O)c1ccnc(NCc2cccc(C)c2)n1. The number of nitrogens with zero attached hydrogens (tertiary/aromatic N) is 2. The summed E-state index contributed by atoms with van der Waals surface area (Å²) >= 11 is 0. The molecular weight excluding hydrogens is 368 g/mol. The Morgan fingerprint density at radius 2 is 1.90 bits per heavy atom. The van der Waals surface area contributed by atoms with Gasteiger partial charge in [-0.1, -0.05) is 42.0 Å². The Bertz CT molecular complexity index is 1020. The quantitative estimate of drug-likeness (QED) is 0.596. The van der Waals surface area contributed by atoms with Crippen LogP contribution in [0.25, 0.3) is 0 Å². The number of ether oxygens (including phenoxy) is 1. The van der Waals surface area contributed by atoms with E-state index < -0.39 is 11.9 Å². The summed E-state index contributed by atoms with van der Waals surface area (Å²) in [5, 5.41) is 5.83. The van der Waals surface area contributed by atoms with Crippen molar-refractivity contribution in [2.24, 2.45) is 0 Å². The van der Waals surface area contributed by atoms with Crippen LogP contribution in [-0.4, -0.2) is 28.5 Å². The smallest absolute Gasteiger partial charge is 0.340 e. The molecule has 7 heteroatoms. The van der Waals surface area contributed by atoms with Crippen molar-refractivity contribution < 1.29 is 14.3 Å². The van der Waals surface area contributed by atoms with Crippen molar-refractivity contribution in [2.75, 3.05) is 17.2 Å². The monoisotopic (exact) mass is 390 g/mol. The fourth-order valence-electron chi connectivity index (χ4n) is 2.74. The summed E-state index contributed by atoms with van der Waals surface area (Å²) in [6, 6.07) is 16.3. The third kappa shape index (κ3) is 5.38. The fraction of sp³-hybridized carbons (Fsp3) is 0.182. The maximum absolute atomic E-state index is 12.6. The zero-order valence-electron chi connectivity index (χ0n) is 16.3.